The molecule has 2 atom stereocenters. The molecule has 0 unspecified atom stereocenters. The van der Waals surface area contributed by atoms with E-state index in [1.807, 2.05) is 12.1 Å². The van der Waals surface area contributed by atoms with Crippen LogP contribution >= 0.6 is 23.2 Å². The average molecular weight is 697 g/mol. The van der Waals surface area contributed by atoms with Crippen LogP contribution in [0.4, 0.5) is 0 Å². The number of methoxy groups -OCH3 is 3. The highest BCUT2D eigenvalue weighted by molar-refractivity contribution is 7.89. The molecule has 0 bridgehead atoms. The van der Waals surface area contributed by atoms with Crippen LogP contribution in [-0.4, -0.2) is 70.3 Å². The van der Waals surface area contributed by atoms with E-state index in [-0.39, 0.29) is 39.4 Å². The summed E-state index contributed by atoms with van der Waals surface area (Å²) in [6.07, 6.45) is 1.35. The summed E-state index contributed by atoms with van der Waals surface area (Å²) in [6, 6.07) is 13.5. The molecule has 11 nitrogen and oxygen atoms in total. The number of benzene rings is 3. The Morgan fingerprint density at radius 2 is 1.67 bits per heavy atom. The molecule has 3 aromatic carbocycles. The van der Waals surface area contributed by atoms with Gasteiger partial charge in [0.05, 0.1) is 36.3 Å². The first kappa shape index (κ1) is 35.1. The van der Waals surface area contributed by atoms with Crippen molar-refractivity contribution in [3.8, 4) is 23.0 Å². The molecule has 0 amide bonds. The van der Waals surface area contributed by atoms with Crippen LogP contribution in [0.1, 0.15) is 42.9 Å². The first-order valence-corrected chi connectivity index (χ1v) is 16.6. The van der Waals surface area contributed by atoms with Crippen molar-refractivity contribution in [1.29, 1.82) is 0 Å². The van der Waals surface area contributed by atoms with Gasteiger partial charge in [0, 0.05) is 6.54 Å². The van der Waals surface area contributed by atoms with Gasteiger partial charge in [-0.25, -0.2) is 13.2 Å². The zero-order chi connectivity index (χ0) is 33.4. The summed E-state index contributed by atoms with van der Waals surface area (Å²) in [5.74, 6) is -0.330. The molecule has 1 N–H and O–H groups in total. The third-order valence-electron chi connectivity index (χ3n) is 7.50. The van der Waals surface area contributed by atoms with E-state index in [9.17, 15) is 18.0 Å². The number of hydrogen-bond donors (Lipinski definition) is 1. The van der Waals surface area contributed by atoms with Gasteiger partial charge >= 0.3 is 11.9 Å². The monoisotopic (exact) mass is 695 g/mol. The molecule has 3 aromatic rings. The van der Waals surface area contributed by atoms with Crippen molar-refractivity contribution in [1.82, 2.24) is 4.31 Å². The highest BCUT2D eigenvalue weighted by atomic mass is 35.5. The smallest absolute Gasteiger partial charge is 0.341 e. The second-order valence-corrected chi connectivity index (χ2v) is 13.2. The largest absolute Gasteiger partial charge is 0.494 e. The first-order valence-electron chi connectivity index (χ1n) is 14.4. The van der Waals surface area contributed by atoms with Crippen molar-refractivity contribution in [2.24, 2.45) is 0 Å². The number of carbonyl (C=O) groups is 2. The number of carboxylic acid groups (broad SMARTS) is 1. The minimum absolute atomic E-state index is 0.0185. The Kier molecular flexibility index (Phi) is 12.0. The number of hydrogen-bond acceptors (Lipinski definition) is 9. The Balaban J connectivity index is 1.63. The number of aliphatic carboxylic acids is 1. The van der Waals surface area contributed by atoms with Crippen LogP contribution in [-0.2, 0) is 30.8 Å². The normalized spacial score (nSPS) is 15.9. The summed E-state index contributed by atoms with van der Waals surface area (Å²) < 4.78 is 56.1. The van der Waals surface area contributed by atoms with Gasteiger partial charge in [0.15, 0.2) is 23.9 Å². The van der Waals surface area contributed by atoms with Crippen LogP contribution in [0.5, 0.6) is 23.0 Å². The molecule has 1 heterocycles. The number of sulfonamides is 1. The van der Waals surface area contributed by atoms with Gasteiger partial charge in [-0.05, 0) is 79.6 Å². The maximum Gasteiger partial charge on any atom is 0.341 e. The van der Waals surface area contributed by atoms with Gasteiger partial charge in [-0.2, -0.15) is 4.31 Å². The first-order chi connectivity index (χ1) is 22.0. The van der Waals surface area contributed by atoms with Crippen molar-refractivity contribution in [3.05, 3.63) is 75.8 Å². The van der Waals surface area contributed by atoms with E-state index >= 15 is 0 Å². The lowest BCUT2D eigenvalue weighted by Crippen LogP contribution is -2.48. The van der Waals surface area contributed by atoms with E-state index in [1.54, 1.807) is 37.4 Å². The number of carboxylic acids is 1. The van der Waals surface area contributed by atoms with Crippen LogP contribution in [0.25, 0.3) is 0 Å². The number of halogens is 2. The summed E-state index contributed by atoms with van der Waals surface area (Å²) in [4.78, 5) is 24.7. The lowest BCUT2D eigenvalue weighted by Gasteiger charge is -2.34. The molecule has 1 saturated heterocycles. The predicted octanol–water partition coefficient (Wildman–Crippen LogP) is 5.94. The number of rotatable bonds is 14. The van der Waals surface area contributed by atoms with Gasteiger partial charge in [-0.1, -0.05) is 41.4 Å². The van der Waals surface area contributed by atoms with Gasteiger partial charge in [-0.3, -0.25) is 4.79 Å². The van der Waals surface area contributed by atoms with Crippen LogP contribution < -0.4 is 18.9 Å². The molecule has 248 valence electrons. The maximum atomic E-state index is 13.9. The van der Waals surface area contributed by atoms with Crippen LogP contribution in [0.3, 0.4) is 0 Å². The third-order valence-corrected chi connectivity index (χ3v) is 9.95. The fourth-order valence-corrected chi connectivity index (χ4v) is 7.71. The summed E-state index contributed by atoms with van der Waals surface area (Å²) in [7, 11) is 0.232. The van der Waals surface area contributed by atoms with Gasteiger partial charge < -0.3 is 28.8 Å². The molecule has 0 aromatic heterocycles. The molecule has 46 heavy (non-hydrogen) atoms. The number of esters is 1. The molecule has 0 radical (unpaired) electrons. The molecule has 4 rings (SSSR count). The van der Waals surface area contributed by atoms with Crippen LogP contribution in [0.2, 0.25) is 10.0 Å². The van der Waals surface area contributed by atoms with E-state index in [0.717, 1.165) is 9.87 Å². The number of piperidine rings is 1. The van der Waals surface area contributed by atoms with Gasteiger partial charge in [0.25, 0.3) is 0 Å². The molecule has 0 saturated carbocycles. The van der Waals surface area contributed by atoms with E-state index in [4.69, 9.17) is 52.0 Å². The predicted molar refractivity (Wildman–Crippen MR) is 171 cm³/mol. The zero-order valence-corrected chi connectivity index (χ0v) is 27.9. The lowest BCUT2D eigenvalue weighted by atomic mass is 10.00. The summed E-state index contributed by atoms with van der Waals surface area (Å²) in [6.45, 7) is -0.452. The van der Waals surface area contributed by atoms with E-state index in [0.29, 0.717) is 42.7 Å². The topological polar surface area (TPSA) is 138 Å². The van der Waals surface area contributed by atoms with Crippen molar-refractivity contribution in [2.75, 3.05) is 34.5 Å². The lowest BCUT2D eigenvalue weighted by molar-refractivity contribution is -0.155. The van der Waals surface area contributed by atoms with Gasteiger partial charge in [0.2, 0.25) is 10.0 Å². The van der Waals surface area contributed by atoms with Crippen molar-refractivity contribution in [2.45, 2.75) is 49.1 Å². The average Bonchev–Trinajstić information content (AvgIpc) is 3.05. The third kappa shape index (κ3) is 8.35. The Hall–Kier alpha value is -3.71. The fourth-order valence-electron chi connectivity index (χ4n) is 5.24. The van der Waals surface area contributed by atoms with E-state index < -0.39 is 40.7 Å². The SMILES string of the molecule is COc1ccc(CC[C@@H](OC(=O)[C@@H]2CCCCN2S(=O)(=O)c2cc(Cl)c(OC)c(Cl)c2)c2cccc(OCC(=O)O)c2)cc1OC. The number of carbonyl (C=O) groups excluding carboxylic acids is 1. The number of nitrogens with zero attached hydrogens (tertiary/aromatic N) is 1. The summed E-state index contributed by atoms with van der Waals surface area (Å²) >= 11 is 12.5. The minimum atomic E-state index is -4.21. The standard InChI is InChI=1S/C32H35Cl2NO10S/c1-41-28-13-11-20(15-29(28)42-2)10-12-27(21-7-6-8-22(16-21)44-19-30(36)37)45-32(38)26-9-4-5-14-35(26)46(39,40)23-17-24(33)31(43-3)25(34)18-23/h6-8,11,13,15-18,26-27H,4-5,9-10,12,14,19H2,1-3H3,(H,36,37)/t26-,27+/m0/s1. The number of ether oxygens (including phenoxy) is 5. The highest BCUT2D eigenvalue weighted by Crippen LogP contribution is 2.38. The second-order valence-electron chi connectivity index (χ2n) is 10.5. The molecule has 14 heteroatoms. The zero-order valence-electron chi connectivity index (χ0n) is 25.5. The maximum absolute atomic E-state index is 13.9. The van der Waals surface area contributed by atoms with Crippen molar-refractivity contribution >= 4 is 45.2 Å². The van der Waals surface area contributed by atoms with Gasteiger partial charge in [0.1, 0.15) is 17.9 Å². The second kappa shape index (κ2) is 15.7. The molecule has 1 aliphatic heterocycles. The Labute approximate surface area is 277 Å². The minimum Gasteiger partial charge on any atom is -0.494 e. The molecular weight excluding hydrogens is 661 g/mol. The highest BCUT2D eigenvalue weighted by Gasteiger charge is 2.40. The van der Waals surface area contributed by atoms with Crippen LogP contribution in [0, 0.1) is 0 Å². The molecule has 0 aliphatic carbocycles. The molecule has 1 aliphatic rings. The Bertz CT molecular complexity index is 1640. The molecule has 0 spiro atoms. The summed E-state index contributed by atoms with van der Waals surface area (Å²) in [5.41, 5.74) is 1.43. The Morgan fingerprint density at radius 1 is 0.957 bits per heavy atom. The summed E-state index contributed by atoms with van der Waals surface area (Å²) in [5, 5.41) is 9.09. The number of aryl methyl sites for hydroxylation is 1. The van der Waals surface area contributed by atoms with Crippen molar-refractivity contribution < 1.29 is 46.8 Å². The van der Waals surface area contributed by atoms with E-state index in [1.165, 1.54) is 26.4 Å². The van der Waals surface area contributed by atoms with Crippen molar-refractivity contribution in [3.63, 3.8) is 0 Å². The van der Waals surface area contributed by atoms with Gasteiger partial charge in [-0.15, -0.1) is 0 Å². The van der Waals surface area contributed by atoms with Crippen LogP contribution in [0.15, 0.2) is 59.5 Å². The fraction of sp³-hybridized carbons (Fsp3) is 0.375. The molecular formula is C32H35Cl2NO10S. The quantitative estimate of drug-likeness (QED) is 0.202. The Morgan fingerprint density at radius 3 is 2.33 bits per heavy atom. The van der Waals surface area contributed by atoms with E-state index in [2.05, 4.69) is 0 Å². The molecule has 1 fully saturated rings.